The van der Waals surface area contributed by atoms with Gasteiger partial charge in [0.2, 0.25) is 0 Å². The smallest absolute Gasteiger partial charge is 0.0363 e. The topological polar surface area (TPSA) is 0 Å². The summed E-state index contributed by atoms with van der Waals surface area (Å²) in [6, 6.07) is 0. The number of hydrogen-bond donors (Lipinski definition) is 0. The van der Waals surface area contributed by atoms with E-state index in [0.717, 1.165) is 17.8 Å². The monoisotopic (exact) mass is 168 g/mol. The second-order valence-corrected chi connectivity index (χ2v) is 4.50. The summed E-state index contributed by atoms with van der Waals surface area (Å²) in [4.78, 5) is 0. The van der Waals surface area contributed by atoms with Crippen LogP contribution in [0, 0.1) is 17.8 Å². The third kappa shape index (κ3) is 2.24. The Morgan fingerprint density at radius 2 is 1.67 bits per heavy atom. The van der Waals surface area contributed by atoms with E-state index >= 15 is 0 Å². The molecule has 0 aromatic heterocycles. The minimum absolute atomic E-state index is 0.957. The summed E-state index contributed by atoms with van der Waals surface area (Å²) < 4.78 is 0. The van der Waals surface area contributed by atoms with Crippen LogP contribution in [0.25, 0.3) is 0 Å². The van der Waals surface area contributed by atoms with Crippen LogP contribution in [-0.4, -0.2) is 0 Å². The number of hydrogen-bond acceptors (Lipinski definition) is 0. The highest BCUT2D eigenvalue weighted by molar-refractivity contribution is 4.77. The molecule has 0 aromatic rings. The van der Waals surface area contributed by atoms with Gasteiger partial charge >= 0.3 is 0 Å². The molecule has 0 bridgehead atoms. The quantitative estimate of drug-likeness (QED) is 0.588. The Labute approximate surface area is 77.7 Å². The van der Waals surface area contributed by atoms with Crippen LogP contribution in [0.4, 0.5) is 0 Å². The van der Waals surface area contributed by atoms with Crippen molar-refractivity contribution in [2.75, 3.05) is 0 Å². The second-order valence-electron chi connectivity index (χ2n) is 4.50. The summed E-state index contributed by atoms with van der Waals surface area (Å²) in [5.41, 5.74) is 0. The van der Waals surface area contributed by atoms with E-state index in [1.807, 2.05) is 0 Å². The van der Waals surface area contributed by atoms with Gasteiger partial charge in [-0.1, -0.05) is 59.3 Å². The van der Waals surface area contributed by atoms with Gasteiger partial charge in [0, 0.05) is 0 Å². The Balaban J connectivity index is 2.42. The highest BCUT2D eigenvalue weighted by Gasteiger charge is 2.26. The molecule has 12 heavy (non-hydrogen) atoms. The van der Waals surface area contributed by atoms with E-state index in [1.54, 1.807) is 0 Å². The van der Waals surface area contributed by atoms with Gasteiger partial charge < -0.3 is 0 Å². The lowest BCUT2D eigenvalue weighted by Gasteiger charge is -2.27. The van der Waals surface area contributed by atoms with Crippen LogP contribution in [0.15, 0.2) is 0 Å². The summed E-state index contributed by atoms with van der Waals surface area (Å²) in [7, 11) is 0. The van der Waals surface area contributed by atoms with Gasteiger partial charge in [-0.3, -0.25) is 0 Å². The molecular weight excluding hydrogens is 144 g/mol. The van der Waals surface area contributed by atoms with Crippen LogP contribution >= 0.6 is 0 Å². The molecule has 1 saturated carbocycles. The van der Waals surface area contributed by atoms with E-state index < -0.39 is 0 Å². The maximum Gasteiger partial charge on any atom is -0.0363 e. The van der Waals surface area contributed by atoms with Crippen molar-refractivity contribution in [1.29, 1.82) is 0 Å². The first-order chi connectivity index (χ1) is 5.79. The first kappa shape index (κ1) is 10.1. The summed E-state index contributed by atoms with van der Waals surface area (Å²) in [6.45, 7) is 7.14. The Kier molecular flexibility index (Phi) is 4.11. The Morgan fingerprint density at radius 3 is 2.08 bits per heavy atom. The molecule has 1 unspecified atom stereocenters. The van der Waals surface area contributed by atoms with Crippen molar-refractivity contribution in [3.63, 3.8) is 0 Å². The zero-order valence-electron chi connectivity index (χ0n) is 8.97. The molecule has 72 valence electrons. The van der Waals surface area contributed by atoms with E-state index in [2.05, 4.69) is 20.8 Å². The highest BCUT2D eigenvalue weighted by Crippen LogP contribution is 2.37. The van der Waals surface area contributed by atoms with Gasteiger partial charge in [-0.05, 0) is 17.8 Å². The molecule has 0 N–H and O–H groups in total. The summed E-state index contributed by atoms with van der Waals surface area (Å²) in [5.74, 6) is 3.06. The first-order valence-electron chi connectivity index (χ1n) is 5.79. The lowest BCUT2D eigenvalue weighted by Crippen LogP contribution is -2.18. The van der Waals surface area contributed by atoms with Gasteiger partial charge in [-0.2, -0.15) is 0 Å². The van der Waals surface area contributed by atoms with Gasteiger partial charge in [0.05, 0.1) is 0 Å². The fourth-order valence-corrected chi connectivity index (χ4v) is 2.89. The van der Waals surface area contributed by atoms with Crippen LogP contribution in [0.2, 0.25) is 0 Å². The lowest BCUT2D eigenvalue weighted by molar-refractivity contribution is 0.229. The number of rotatable bonds is 4. The molecule has 0 saturated heterocycles. The van der Waals surface area contributed by atoms with Crippen LogP contribution < -0.4 is 0 Å². The fourth-order valence-electron chi connectivity index (χ4n) is 2.89. The first-order valence-corrected chi connectivity index (χ1v) is 5.79. The molecule has 1 aliphatic rings. The second kappa shape index (κ2) is 4.89. The van der Waals surface area contributed by atoms with Crippen molar-refractivity contribution in [3.05, 3.63) is 0 Å². The summed E-state index contributed by atoms with van der Waals surface area (Å²) in [6.07, 6.45) is 8.80. The standard InChI is InChI=1S/C12H24/c1-4-10(3)12(5-2)11-8-6-7-9-11/h10-12H,4-9H2,1-3H3/t10-,12?/m0/s1. The van der Waals surface area contributed by atoms with E-state index in [9.17, 15) is 0 Å². The average molecular weight is 168 g/mol. The molecule has 0 heteroatoms. The van der Waals surface area contributed by atoms with E-state index in [4.69, 9.17) is 0 Å². The molecule has 0 nitrogen and oxygen atoms in total. The van der Waals surface area contributed by atoms with Crippen molar-refractivity contribution < 1.29 is 0 Å². The van der Waals surface area contributed by atoms with Gasteiger partial charge in [0.1, 0.15) is 0 Å². The van der Waals surface area contributed by atoms with E-state index in [-0.39, 0.29) is 0 Å². The van der Waals surface area contributed by atoms with Gasteiger partial charge in [0.15, 0.2) is 0 Å². The molecule has 1 aliphatic carbocycles. The fraction of sp³-hybridized carbons (Fsp3) is 1.00. The third-order valence-electron chi connectivity index (χ3n) is 3.85. The average Bonchev–Trinajstić information content (AvgIpc) is 2.58. The van der Waals surface area contributed by atoms with Crippen molar-refractivity contribution in [1.82, 2.24) is 0 Å². The zero-order chi connectivity index (χ0) is 8.97. The Bertz CT molecular complexity index is 111. The van der Waals surface area contributed by atoms with Crippen LogP contribution in [-0.2, 0) is 0 Å². The predicted octanol–water partition coefficient (Wildman–Crippen LogP) is 4.25. The Morgan fingerprint density at radius 1 is 1.08 bits per heavy atom. The molecule has 2 atom stereocenters. The van der Waals surface area contributed by atoms with E-state index in [0.29, 0.717) is 0 Å². The SMILES string of the molecule is CCC(C1CCCC1)[C@@H](C)CC. The maximum absolute atomic E-state index is 2.44. The lowest BCUT2D eigenvalue weighted by atomic mass is 9.78. The van der Waals surface area contributed by atoms with Crippen molar-refractivity contribution >= 4 is 0 Å². The summed E-state index contributed by atoms with van der Waals surface area (Å²) >= 11 is 0. The zero-order valence-corrected chi connectivity index (χ0v) is 8.97. The molecule has 0 radical (unpaired) electrons. The highest BCUT2D eigenvalue weighted by atomic mass is 14.3. The van der Waals surface area contributed by atoms with E-state index in [1.165, 1.54) is 38.5 Å². The van der Waals surface area contributed by atoms with Gasteiger partial charge in [-0.15, -0.1) is 0 Å². The maximum atomic E-state index is 2.44. The van der Waals surface area contributed by atoms with Crippen molar-refractivity contribution in [3.8, 4) is 0 Å². The largest absolute Gasteiger partial charge is 0.0651 e. The molecule has 0 heterocycles. The van der Waals surface area contributed by atoms with Crippen LogP contribution in [0.5, 0.6) is 0 Å². The minimum Gasteiger partial charge on any atom is -0.0651 e. The molecular formula is C12H24. The molecule has 0 aromatic carbocycles. The molecule has 0 amide bonds. The van der Waals surface area contributed by atoms with Crippen molar-refractivity contribution in [2.45, 2.75) is 59.3 Å². The molecule has 1 fully saturated rings. The van der Waals surface area contributed by atoms with Gasteiger partial charge in [0.25, 0.3) is 0 Å². The normalized spacial score (nSPS) is 24.2. The summed E-state index contributed by atoms with van der Waals surface area (Å²) in [5, 5.41) is 0. The van der Waals surface area contributed by atoms with Gasteiger partial charge in [-0.25, -0.2) is 0 Å². The Hall–Kier alpha value is 0. The minimum atomic E-state index is 0.957. The molecule has 0 spiro atoms. The predicted molar refractivity (Wildman–Crippen MR) is 55.2 cm³/mol. The van der Waals surface area contributed by atoms with Crippen molar-refractivity contribution in [2.24, 2.45) is 17.8 Å². The van der Waals surface area contributed by atoms with Crippen LogP contribution in [0.1, 0.15) is 59.3 Å². The molecule has 0 aliphatic heterocycles. The third-order valence-corrected chi connectivity index (χ3v) is 3.85. The molecule has 1 rings (SSSR count). The van der Waals surface area contributed by atoms with Crippen LogP contribution in [0.3, 0.4) is 0 Å².